The average molecular weight is 252 g/mol. The van der Waals surface area contributed by atoms with E-state index in [9.17, 15) is 0 Å². The highest BCUT2D eigenvalue weighted by Gasteiger charge is 2.17. The van der Waals surface area contributed by atoms with Crippen LogP contribution in [0.3, 0.4) is 0 Å². The first-order valence-electron chi connectivity index (χ1n) is 6.32. The molecule has 3 rings (SSSR count). The molecule has 0 aliphatic heterocycles. The van der Waals surface area contributed by atoms with Gasteiger partial charge in [-0.15, -0.1) is 0 Å². The van der Waals surface area contributed by atoms with Gasteiger partial charge >= 0.3 is 0 Å². The molecule has 19 heavy (non-hydrogen) atoms. The third-order valence-electron chi connectivity index (χ3n) is 3.45. The van der Waals surface area contributed by atoms with E-state index >= 15 is 0 Å². The van der Waals surface area contributed by atoms with Crippen LogP contribution in [0.1, 0.15) is 28.7 Å². The number of nitrogens with zero attached hydrogens (tertiary/aromatic N) is 1. The lowest BCUT2D eigenvalue weighted by molar-refractivity contribution is 0.500. The van der Waals surface area contributed by atoms with Crippen LogP contribution in [0.15, 0.2) is 47.1 Å². The van der Waals surface area contributed by atoms with Crippen LogP contribution in [0, 0.1) is 13.8 Å². The Labute approximate surface area is 112 Å². The number of hydrogen-bond donors (Lipinski definition) is 1. The fourth-order valence-electron chi connectivity index (χ4n) is 2.51. The van der Waals surface area contributed by atoms with Gasteiger partial charge in [0.05, 0.1) is 6.04 Å². The van der Waals surface area contributed by atoms with Gasteiger partial charge in [-0.25, -0.2) is 0 Å². The minimum Gasteiger partial charge on any atom is -0.466 e. The summed E-state index contributed by atoms with van der Waals surface area (Å²) in [6.45, 7) is 3.88. The van der Waals surface area contributed by atoms with Crippen molar-refractivity contribution in [1.29, 1.82) is 0 Å². The molecule has 2 aromatic heterocycles. The zero-order valence-corrected chi connectivity index (χ0v) is 11.1. The first kappa shape index (κ1) is 11.9. The predicted molar refractivity (Wildman–Crippen MR) is 76.0 cm³/mol. The number of aryl methyl sites for hydroxylation is 2. The maximum absolute atomic E-state index is 6.40. The second-order valence-corrected chi connectivity index (χ2v) is 4.80. The molecule has 2 heterocycles. The van der Waals surface area contributed by atoms with Crippen molar-refractivity contribution < 1.29 is 4.42 Å². The van der Waals surface area contributed by atoms with Crippen molar-refractivity contribution in [3.63, 3.8) is 0 Å². The molecular weight excluding hydrogens is 236 g/mol. The number of furan rings is 1. The standard InChI is InChI=1S/C16H16N2O/c1-10-7-14(11(2)19-10)16(17)15-9-18-8-12-5-3-4-6-13(12)15/h3-9,16H,17H2,1-2H3. The van der Waals surface area contributed by atoms with Gasteiger partial charge in [0.2, 0.25) is 0 Å². The minimum absolute atomic E-state index is 0.212. The van der Waals surface area contributed by atoms with Crippen molar-refractivity contribution >= 4 is 10.8 Å². The highest BCUT2D eigenvalue weighted by Crippen LogP contribution is 2.29. The molecular formula is C16H16N2O. The molecule has 0 bridgehead atoms. The number of aromatic nitrogens is 1. The number of benzene rings is 1. The molecule has 96 valence electrons. The van der Waals surface area contributed by atoms with Gasteiger partial charge in [0.1, 0.15) is 11.5 Å². The fourth-order valence-corrected chi connectivity index (χ4v) is 2.51. The minimum atomic E-state index is -0.212. The van der Waals surface area contributed by atoms with E-state index in [1.807, 2.05) is 50.5 Å². The van der Waals surface area contributed by atoms with E-state index in [-0.39, 0.29) is 6.04 Å². The van der Waals surface area contributed by atoms with E-state index in [1.54, 1.807) is 0 Å². The van der Waals surface area contributed by atoms with Gasteiger partial charge in [0, 0.05) is 23.3 Å². The summed E-state index contributed by atoms with van der Waals surface area (Å²) in [5.74, 6) is 1.76. The van der Waals surface area contributed by atoms with Crippen LogP contribution in [0.5, 0.6) is 0 Å². The highest BCUT2D eigenvalue weighted by molar-refractivity contribution is 5.85. The molecule has 0 aliphatic carbocycles. The molecule has 1 unspecified atom stereocenters. The lowest BCUT2D eigenvalue weighted by atomic mass is 9.97. The summed E-state index contributed by atoms with van der Waals surface area (Å²) in [6.07, 6.45) is 3.70. The van der Waals surface area contributed by atoms with Crippen molar-refractivity contribution in [3.8, 4) is 0 Å². The summed E-state index contributed by atoms with van der Waals surface area (Å²) in [5, 5.41) is 2.25. The number of hydrogen-bond acceptors (Lipinski definition) is 3. The quantitative estimate of drug-likeness (QED) is 0.759. The normalized spacial score (nSPS) is 12.8. The summed E-state index contributed by atoms with van der Waals surface area (Å²) in [7, 11) is 0. The molecule has 2 N–H and O–H groups in total. The van der Waals surface area contributed by atoms with Crippen LogP contribution < -0.4 is 5.73 Å². The number of rotatable bonds is 2. The van der Waals surface area contributed by atoms with Crippen molar-refractivity contribution in [2.45, 2.75) is 19.9 Å². The van der Waals surface area contributed by atoms with Crippen molar-refractivity contribution in [2.75, 3.05) is 0 Å². The first-order valence-corrected chi connectivity index (χ1v) is 6.32. The molecule has 1 aromatic carbocycles. The van der Waals surface area contributed by atoms with E-state index in [1.165, 1.54) is 0 Å². The van der Waals surface area contributed by atoms with E-state index in [4.69, 9.17) is 10.2 Å². The molecule has 3 heteroatoms. The van der Waals surface area contributed by atoms with Gasteiger partial charge in [-0.3, -0.25) is 4.98 Å². The summed E-state index contributed by atoms with van der Waals surface area (Å²) in [6, 6.07) is 9.94. The third-order valence-corrected chi connectivity index (χ3v) is 3.45. The fraction of sp³-hybridized carbons (Fsp3) is 0.188. The number of pyridine rings is 1. The van der Waals surface area contributed by atoms with Gasteiger partial charge in [-0.05, 0) is 30.9 Å². The van der Waals surface area contributed by atoms with E-state index in [0.717, 1.165) is 33.4 Å². The third kappa shape index (κ3) is 2.02. The summed E-state index contributed by atoms with van der Waals surface area (Å²) < 4.78 is 5.57. The smallest absolute Gasteiger partial charge is 0.106 e. The van der Waals surface area contributed by atoms with Gasteiger partial charge in [0.15, 0.2) is 0 Å². The Morgan fingerprint density at radius 2 is 1.89 bits per heavy atom. The Morgan fingerprint density at radius 1 is 1.11 bits per heavy atom. The van der Waals surface area contributed by atoms with Crippen LogP contribution in [0.2, 0.25) is 0 Å². The zero-order valence-electron chi connectivity index (χ0n) is 11.1. The average Bonchev–Trinajstić information content (AvgIpc) is 2.76. The van der Waals surface area contributed by atoms with Crippen molar-refractivity contribution in [1.82, 2.24) is 4.98 Å². The Morgan fingerprint density at radius 3 is 2.63 bits per heavy atom. The monoisotopic (exact) mass is 252 g/mol. The number of nitrogens with two attached hydrogens (primary N) is 1. The first-order chi connectivity index (χ1) is 9.16. The molecule has 1 atom stereocenters. The van der Waals surface area contributed by atoms with Crippen molar-refractivity contribution in [2.24, 2.45) is 5.73 Å². The molecule has 3 aromatic rings. The SMILES string of the molecule is Cc1cc(C(N)c2cncc3ccccc23)c(C)o1. The van der Waals surface area contributed by atoms with Gasteiger partial charge < -0.3 is 10.2 Å². The Balaban J connectivity index is 2.16. The molecule has 0 spiro atoms. The molecule has 0 saturated carbocycles. The summed E-state index contributed by atoms with van der Waals surface area (Å²) >= 11 is 0. The summed E-state index contributed by atoms with van der Waals surface area (Å²) in [5.41, 5.74) is 8.45. The Kier molecular flexibility index (Phi) is 2.84. The van der Waals surface area contributed by atoms with E-state index in [0.29, 0.717) is 0 Å². The zero-order chi connectivity index (χ0) is 13.4. The van der Waals surface area contributed by atoms with E-state index < -0.39 is 0 Å². The highest BCUT2D eigenvalue weighted by atomic mass is 16.3. The van der Waals surface area contributed by atoms with Crippen LogP contribution >= 0.6 is 0 Å². The summed E-state index contributed by atoms with van der Waals surface area (Å²) in [4.78, 5) is 4.29. The molecule has 3 nitrogen and oxygen atoms in total. The predicted octanol–water partition coefficient (Wildman–Crippen LogP) is 3.49. The molecule has 0 amide bonds. The Hall–Kier alpha value is -2.13. The molecule has 0 radical (unpaired) electrons. The maximum Gasteiger partial charge on any atom is 0.106 e. The molecule has 0 fully saturated rings. The molecule has 0 saturated heterocycles. The lowest BCUT2D eigenvalue weighted by Gasteiger charge is -2.13. The Bertz CT molecular complexity index is 725. The largest absolute Gasteiger partial charge is 0.466 e. The number of fused-ring (bicyclic) bond motifs is 1. The van der Waals surface area contributed by atoms with E-state index in [2.05, 4.69) is 11.1 Å². The topological polar surface area (TPSA) is 52.0 Å². The van der Waals surface area contributed by atoms with Crippen LogP contribution in [0.4, 0.5) is 0 Å². The maximum atomic E-state index is 6.40. The molecule has 0 aliphatic rings. The van der Waals surface area contributed by atoms with Gasteiger partial charge in [-0.1, -0.05) is 24.3 Å². The van der Waals surface area contributed by atoms with Crippen molar-refractivity contribution in [3.05, 3.63) is 65.4 Å². The van der Waals surface area contributed by atoms with Gasteiger partial charge in [-0.2, -0.15) is 0 Å². The lowest BCUT2D eigenvalue weighted by Crippen LogP contribution is -2.13. The van der Waals surface area contributed by atoms with Gasteiger partial charge in [0.25, 0.3) is 0 Å². The van der Waals surface area contributed by atoms with Crippen LogP contribution in [0.25, 0.3) is 10.8 Å². The second-order valence-electron chi connectivity index (χ2n) is 4.80. The van der Waals surface area contributed by atoms with Crippen LogP contribution in [-0.2, 0) is 0 Å². The van der Waals surface area contributed by atoms with Crippen LogP contribution in [-0.4, -0.2) is 4.98 Å². The second kappa shape index (κ2) is 4.52.